The van der Waals surface area contributed by atoms with Crippen LogP contribution in [0.1, 0.15) is 24.2 Å². The topological polar surface area (TPSA) is 58.4 Å². The van der Waals surface area contributed by atoms with E-state index in [4.69, 9.17) is 5.73 Å². The van der Waals surface area contributed by atoms with Gasteiger partial charge in [0.05, 0.1) is 0 Å². The van der Waals surface area contributed by atoms with Crippen LogP contribution < -0.4 is 11.1 Å². The summed E-state index contributed by atoms with van der Waals surface area (Å²) < 4.78 is 0. The van der Waals surface area contributed by atoms with Crippen LogP contribution in [0.3, 0.4) is 0 Å². The van der Waals surface area contributed by atoms with Crippen LogP contribution in [0, 0.1) is 0 Å². The van der Waals surface area contributed by atoms with Crippen LogP contribution in [0.2, 0.25) is 0 Å². The van der Waals surface area contributed by atoms with Gasteiger partial charge in [0, 0.05) is 41.4 Å². The molecule has 0 aromatic heterocycles. The minimum Gasteiger partial charge on any atom is -0.399 e. The molecular weight excluding hydrogens is 313 g/mol. The number of carbonyl (C=O) groups is 1. The summed E-state index contributed by atoms with van der Waals surface area (Å²) in [6.45, 7) is 7.80. The van der Waals surface area contributed by atoms with Crippen molar-refractivity contribution in [1.82, 2.24) is 10.2 Å². The Morgan fingerprint density at radius 3 is 2.21 bits per heavy atom. The van der Waals surface area contributed by atoms with Crippen molar-refractivity contribution in [3.8, 4) is 0 Å². The van der Waals surface area contributed by atoms with Gasteiger partial charge in [-0.05, 0) is 37.4 Å². The third-order valence-electron chi connectivity index (χ3n) is 2.78. The van der Waals surface area contributed by atoms with E-state index in [0.717, 1.165) is 19.6 Å². The normalized spacial score (nSPS) is 9.42. The minimum absolute atomic E-state index is 0. The summed E-state index contributed by atoms with van der Waals surface area (Å²) in [4.78, 5) is 14.0. The number of benzene rings is 1. The third kappa shape index (κ3) is 7.43. The zero-order valence-corrected chi connectivity index (χ0v) is 13.0. The Bertz CT molecular complexity index is 355. The summed E-state index contributed by atoms with van der Waals surface area (Å²) in [6.07, 6.45) is 0. The molecule has 1 radical (unpaired) electrons. The number of amides is 1. The van der Waals surface area contributed by atoms with E-state index in [2.05, 4.69) is 24.1 Å². The number of anilines is 1. The zero-order chi connectivity index (χ0) is 12.7. The molecular formula is C13H22ClCuN3O. The molecule has 0 heterocycles. The van der Waals surface area contributed by atoms with Crippen molar-refractivity contribution in [2.75, 3.05) is 31.9 Å². The first-order valence-electron chi connectivity index (χ1n) is 6.03. The fourth-order valence-electron chi connectivity index (χ4n) is 1.60. The summed E-state index contributed by atoms with van der Waals surface area (Å²) in [5.74, 6) is -0.0443. The van der Waals surface area contributed by atoms with Crippen LogP contribution in [-0.4, -0.2) is 37.0 Å². The fourth-order valence-corrected chi connectivity index (χ4v) is 1.60. The van der Waals surface area contributed by atoms with Crippen molar-refractivity contribution in [1.29, 1.82) is 0 Å². The molecule has 0 unspecified atom stereocenters. The van der Waals surface area contributed by atoms with Crippen LogP contribution >= 0.6 is 12.4 Å². The Labute approximate surface area is 132 Å². The molecule has 4 nitrogen and oxygen atoms in total. The van der Waals surface area contributed by atoms with Crippen LogP contribution in [0.4, 0.5) is 5.69 Å². The van der Waals surface area contributed by atoms with Crippen molar-refractivity contribution < 1.29 is 21.9 Å². The second-order valence-electron chi connectivity index (χ2n) is 3.90. The maximum Gasteiger partial charge on any atom is 0.251 e. The van der Waals surface area contributed by atoms with E-state index in [-0.39, 0.29) is 35.4 Å². The number of nitrogens with two attached hydrogens (primary N) is 1. The predicted molar refractivity (Wildman–Crippen MR) is 78.2 cm³/mol. The van der Waals surface area contributed by atoms with Crippen molar-refractivity contribution in [3.05, 3.63) is 29.8 Å². The molecule has 0 saturated carbocycles. The van der Waals surface area contributed by atoms with Crippen LogP contribution in [0.5, 0.6) is 0 Å². The zero-order valence-electron chi connectivity index (χ0n) is 11.3. The third-order valence-corrected chi connectivity index (χ3v) is 2.78. The number of nitrogens with zero attached hydrogens (tertiary/aromatic N) is 1. The molecule has 0 spiro atoms. The number of nitrogens with one attached hydrogen (secondary N) is 1. The molecule has 0 fully saturated rings. The molecule has 0 atom stereocenters. The summed E-state index contributed by atoms with van der Waals surface area (Å²) >= 11 is 0. The Hall–Kier alpha value is -0.741. The van der Waals surface area contributed by atoms with Gasteiger partial charge in [-0.3, -0.25) is 4.79 Å². The molecule has 1 aromatic rings. The smallest absolute Gasteiger partial charge is 0.251 e. The second kappa shape index (κ2) is 11.1. The van der Waals surface area contributed by atoms with Gasteiger partial charge in [0.25, 0.3) is 5.91 Å². The van der Waals surface area contributed by atoms with Crippen molar-refractivity contribution in [2.24, 2.45) is 0 Å². The summed E-state index contributed by atoms with van der Waals surface area (Å²) in [5, 5.41) is 2.90. The van der Waals surface area contributed by atoms with E-state index in [1.807, 2.05) is 0 Å². The fraction of sp³-hybridized carbons (Fsp3) is 0.462. The molecule has 19 heavy (non-hydrogen) atoms. The molecule has 0 aliphatic heterocycles. The van der Waals surface area contributed by atoms with E-state index in [9.17, 15) is 4.79 Å². The van der Waals surface area contributed by atoms with Crippen LogP contribution in [0.25, 0.3) is 0 Å². The number of nitrogen functional groups attached to an aromatic ring is 1. The number of rotatable bonds is 6. The molecule has 0 saturated heterocycles. The van der Waals surface area contributed by atoms with Gasteiger partial charge in [0.1, 0.15) is 0 Å². The van der Waals surface area contributed by atoms with E-state index >= 15 is 0 Å². The molecule has 3 N–H and O–H groups in total. The second-order valence-corrected chi connectivity index (χ2v) is 3.90. The SMILES string of the molecule is CCN(CC)CCNC(=O)c1ccc(N)cc1.Cl.[Cu]. The van der Waals surface area contributed by atoms with E-state index in [1.54, 1.807) is 24.3 Å². The molecule has 6 heteroatoms. The minimum atomic E-state index is -0.0443. The Morgan fingerprint density at radius 2 is 1.74 bits per heavy atom. The van der Waals surface area contributed by atoms with Crippen molar-refractivity contribution in [2.45, 2.75) is 13.8 Å². The van der Waals surface area contributed by atoms with Gasteiger partial charge in [0.15, 0.2) is 0 Å². The first kappa shape index (κ1) is 20.6. The van der Waals surface area contributed by atoms with Crippen molar-refractivity contribution >= 4 is 24.0 Å². The number of likely N-dealkylation sites (N-methyl/N-ethyl adjacent to an activating group) is 1. The maximum absolute atomic E-state index is 11.7. The number of carbonyl (C=O) groups excluding carboxylic acids is 1. The van der Waals surface area contributed by atoms with E-state index in [1.165, 1.54) is 0 Å². The van der Waals surface area contributed by atoms with Gasteiger partial charge in [-0.15, -0.1) is 12.4 Å². The first-order chi connectivity index (χ1) is 8.17. The molecule has 1 rings (SSSR count). The molecule has 113 valence electrons. The van der Waals surface area contributed by atoms with Crippen molar-refractivity contribution in [3.63, 3.8) is 0 Å². The van der Waals surface area contributed by atoms with Gasteiger partial charge < -0.3 is 16.0 Å². The van der Waals surface area contributed by atoms with Gasteiger partial charge in [-0.1, -0.05) is 13.8 Å². The quantitative estimate of drug-likeness (QED) is 0.615. The Morgan fingerprint density at radius 1 is 1.21 bits per heavy atom. The van der Waals surface area contributed by atoms with Gasteiger partial charge in [-0.2, -0.15) is 0 Å². The summed E-state index contributed by atoms with van der Waals surface area (Å²) in [7, 11) is 0. The number of hydrogen-bond donors (Lipinski definition) is 2. The van der Waals surface area contributed by atoms with Crippen LogP contribution in [0.15, 0.2) is 24.3 Å². The average Bonchev–Trinajstić information content (AvgIpc) is 2.35. The molecule has 0 aliphatic rings. The van der Waals surface area contributed by atoms with Gasteiger partial charge >= 0.3 is 0 Å². The van der Waals surface area contributed by atoms with Gasteiger partial charge in [0.2, 0.25) is 0 Å². The van der Waals surface area contributed by atoms with Gasteiger partial charge in [-0.25, -0.2) is 0 Å². The Kier molecular flexibility index (Phi) is 12.0. The maximum atomic E-state index is 11.7. The number of halogens is 1. The Balaban J connectivity index is 0. The first-order valence-corrected chi connectivity index (χ1v) is 6.03. The van der Waals surface area contributed by atoms with E-state index in [0.29, 0.717) is 17.8 Å². The van der Waals surface area contributed by atoms with E-state index < -0.39 is 0 Å². The van der Waals surface area contributed by atoms with Crippen LogP contribution in [-0.2, 0) is 17.1 Å². The molecule has 0 aliphatic carbocycles. The predicted octanol–water partition coefficient (Wildman–Crippen LogP) is 1.76. The standard InChI is InChI=1S/C13H21N3O.ClH.Cu/c1-3-16(4-2)10-9-15-13(17)11-5-7-12(14)8-6-11;;/h5-8H,3-4,9-10,14H2,1-2H3,(H,15,17);1H;. The molecule has 1 aromatic carbocycles. The monoisotopic (exact) mass is 334 g/mol. The molecule has 1 amide bonds. The average molecular weight is 335 g/mol. The largest absolute Gasteiger partial charge is 0.399 e. The summed E-state index contributed by atoms with van der Waals surface area (Å²) in [6, 6.07) is 6.95. The summed E-state index contributed by atoms with van der Waals surface area (Å²) in [5.41, 5.74) is 6.89. The molecule has 0 bridgehead atoms. The number of hydrogen-bond acceptors (Lipinski definition) is 3.